The highest BCUT2D eigenvalue weighted by molar-refractivity contribution is 7.19. The Morgan fingerprint density at radius 2 is 1.63 bits per heavy atom. The van der Waals surface area contributed by atoms with Crippen molar-refractivity contribution in [2.24, 2.45) is 0 Å². The van der Waals surface area contributed by atoms with Gasteiger partial charge in [0, 0.05) is 4.88 Å². The third kappa shape index (κ3) is 4.16. The van der Waals surface area contributed by atoms with Crippen LogP contribution in [0.5, 0.6) is 5.75 Å². The molecule has 0 aliphatic carbocycles. The van der Waals surface area contributed by atoms with Gasteiger partial charge in [0.15, 0.2) is 0 Å². The van der Waals surface area contributed by atoms with Gasteiger partial charge in [0.2, 0.25) is 0 Å². The Kier molecular flexibility index (Phi) is 6.98. The summed E-state index contributed by atoms with van der Waals surface area (Å²) in [6, 6.07) is 13.9. The molecule has 0 fully saturated rings. The number of rotatable bonds is 8. The molecule has 0 radical (unpaired) electrons. The average molecular weight is 427 g/mol. The van der Waals surface area contributed by atoms with Crippen molar-refractivity contribution in [2.45, 2.75) is 52.4 Å². The van der Waals surface area contributed by atoms with Crippen LogP contribution in [0.15, 0.2) is 42.5 Å². The standard InChI is InChI=1S/C25H30O4S/c1-5-25(28,6-2)20-9-10-21(16(3)11-20)23-13-22(29-4)24(30-23)17-7-8-18(14-26)19(12-17)15-27/h7-13,26-28H,5-6,14-15H2,1-4H3. The third-order valence-corrected chi connectivity index (χ3v) is 7.12. The smallest absolute Gasteiger partial charge is 0.138 e. The van der Waals surface area contributed by atoms with Gasteiger partial charge in [-0.05, 0) is 65.3 Å². The van der Waals surface area contributed by atoms with Crippen LogP contribution in [0.4, 0.5) is 0 Å². The van der Waals surface area contributed by atoms with Gasteiger partial charge in [0.1, 0.15) is 5.75 Å². The van der Waals surface area contributed by atoms with Crippen LogP contribution in [0.1, 0.15) is 48.9 Å². The summed E-state index contributed by atoms with van der Waals surface area (Å²) in [7, 11) is 1.66. The quantitative estimate of drug-likeness (QED) is 0.452. The Morgan fingerprint density at radius 1 is 0.933 bits per heavy atom. The van der Waals surface area contributed by atoms with Crippen LogP contribution in [-0.2, 0) is 18.8 Å². The Balaban J connectivity index is 2.05. The summed E-state index contributed by atoms with van der Waals surface area (Å²) < 4.78 is 5.64. The van der Waals surface area contributed by atoms with Crippen molar-refractivity contribution in [3.05, 3.63) is 64.7 Å². The first-order valence-corrected chi connectivity index (χ1v) is 11.1. The highest BCUT2D eigenvalue weighted by Crippen LogP contribution is 2.44. The van der Waals surface area contributed by atoms with Gasteiger partial charge in [0.05, 0.1) is 30.8 Å². The van der Waals surface area contributed by atoms with E-state index in [0.717, 1.165) is 43.3 Å². The summed E-state index contributed by atoms with van der Waals surface area (Å²) >= 11 is 1.63. The number of aryl methyl sites for hydroxylation is 1. The van der Waals surface area contributed by atoms with Crippen LogP contribution >= 0.6 is 11.3 Å². The maximum absolute atomic E-state index is 10.9. The molecule has 0 amide bonds. The van der Waals surface area contributed by atoms with Crippen LogP contribution in [0, 0.1) is 6.92 Å². The minimum Gasteiger partial charge on any atom is -0.495 e. The first-order valence-electron chi connectivity index (χ1n) is 10.3. The van der Waals surface area contributed by atoms with Gasteiger partial charge in [0.25, 0.3) is 0 Å². The third-order valence-electron chi connectivity index (χ3n) is 5.93. The Bertz CT molecular complexity index is 1020. The van der Waals surface area contributed by atoms with E-state index in [1.807, 2.05) is 44.2 Å². The molecular formula is C25H30O4S. The second-order valence-corrected chi connectivity index (χ2v) is 8.63. The van der Waals surface area contributed by atoms with Crippen LogP contribution in [-0.4, -0.2) is 22.4 Å². The highest BCUT2D eigenvalue weighted by Gasteiger charge is 2.25. The van der Waals surface area contributed by atoms with E-state index in [0.29, 0.717) is 18.4 Å². The molecule has 0 saturated carbocycles. The molecule has 0 aliphatic rings. The number of aliphatic hydroxyl groups is 3. The number of ether oxygens (including phenoxy) is 1. The van der Waals surface area contributed by atoms with Gasteiger partial charge in [-0.25, -0.2) is 0 Å². The topological polar surface area (TPSA) is 69.9 Å². The molecule has 0 saturated heterocycles. The number of thiophene rings is 1. The lowest BCUT2D eigenvalue weighted by Gasteiger charge is -2.26. The van der Waals surface area contributed by atoms with Gasteiger partial charge in [-0.3, -0.25) is 0 Å². The van der Waals surface area contributed by atoms with Crippen molar-refractivity contribution < 1.29 is 20.1 Å². The predicted molar refractivity (Wildman–Crippen MR) is 123 cm³/mol. The van der Waals surface area contributed by atoms with E-state index in [4.69, 9.17) is 4.74 Å². The zero-order valence-electron chi connectivity index (χ0n) is 18.0. The molecule has 0 unspecified atom stereocenters. The van der Waals surface area contributed by atoms with Gasteiger partial charge in [-0.15, -0.1) is 11.3 Å². The molecule has 3 N–H and O–H groups in total. The largest absolute Gasteiger partial charge is 0.495 e. The van der Waals surface area contributed by atoms with Crippen molar-refractivity contribution >= 4 is 11.3 Å². The summed E-state index contributed by atoms with van der Waals surface area (Å²) in [6.45, 7) is 5.85. The molecule has 3 aromatic rings. The van der Waals surface area contributed by atoms with Crippen LogP contribution in [0.25, 0.3) is 20.9 Å². The molecule has 160 valence electrons. The molecule has 2 aromatic carbocycles. The molecule has 0 aliphatic heterocycles. The number of aliphatic hydroxyl groups excluding tert-OH is 2. The normalized spacial score (nSPS) is 11.7. The summed E-state index contributed by atoms with van der Waals surface area (Å²) in [4.78, 5) is 2.06. The van der Waals surface area contributed by atoms with E-state index in [2.05, 4.69) is 19.1 Å². The molecule has 1 aromatic heterocycles. The van der Waals surface area contributed by atoms with Crippen molar-refractivity contribution in [3.63, 3.8) is 0 Å². The van der Waals surface area contributed by atoms with E-state index < -0.39 is 5.60 Å². The molecule has 5 heteroatoms. The zero-order chi connectivity index (χ0) is 21.9. The van der Waals surface area contributed by atoms with E-state index in [9.17, 15) is 15.3 Å². The maximum atomic E-state index is 10.9. The van der Waals surface area contributed by atoms with Crippen molar-refractivity contribution in [1.82, 2.24) is 0 Å². The number of hydrogen-bond donors (Lipinski definition) is 3. The van der Waals surface area contributed by atoms with Crippen LogP contribution in [0.3, 0.4) is 0 Å². The molecular weight excluding hydrogens is 396 g/mol. The lowest BCUT2D eigenvalue weighted by molar-refractivity contribution is 0.0283. The van der Waals surface area contributed by atoms with Crippen LogP contribution < -0.4 is 4.74 Å². The van der Waals surface area contributed by atoms with E-state index >= 15 is 0 Å². The monoisotopic (exact) mass is 426 g/mol. The van der Waals surface area contributed by atoms with Gasteiger partial charge in [-0.2, -0.15) is 0 Å². The Morgan fingerprint density at radius 3 is 2.20 bits per heavy atom. The van der Waals surface area contributed by atoms with E-state index in [1.165, 1.54) is 0 Å². The van der Waals surface area contributed by atoms with Crippen molar-refractivity contribution in [1.29, 1.82) is 0 Å². The fourth-order valence-electron chi connectivity index (χ4n) is 3.82. The minimum atomic E-state index is -0.795. The number of methoxy groups -OCH3 is 1. The lowest BCUT2D eigenvalue weighted by atomic mass is 9.87. The highest BCUT2D eigenvalue weighted by atomic mass is 32.1. The lowest BCUT2D eigenvalue weighted by Crippen LogP contribution is -2.23. The molecule has 0 atom stereocenters. The van der Waals surface area contributed by atoms with Gasteiger partial charge < -0.3 is 20.1 Å². The predicted octanol–water partition coefficient (Wildman–Crippen LogP) is 5.39. The summed E-state index contributed by atoms with van der Waals surface area (Å²) in [5.74, 6) is 0.776. The minimum absolute atomic E-state index is 0.101. The number of benzene rings is 2. The molecule has 0 spiro atoms. The Labute approximate surface area is 182 Å². The molecule has 30 heavy (non-hydrogen) atoms. The SMILES string of the molecule is CCC(O)(CC)c1ccc(-c2cc(OC)c(-c3ccc(CO)c(CO)c3)s2)c(C)c1. The maximum Gasteiger partial charge on any atom is 0.138 e. The fourth-order valence-corrected chi connectivity index (χ4v) is 5.03. The zero-order valence-corrected chi connectivity index (χ0v) is 18.8. The average Bonchev–Trinajstić information content (AvgIpc) is 3.22. The number of hydrogen-bond acceptors (Lipinski definition) is 5. The summed E-state index contributed by atoms with van der Waals surface area (Å²) in [5.41, 5.74) is 4.76. The van der Waals surface area contributed by atoms with E-state index in [-0.39, 0.29) is 13.2 Å². The molecule has 4 nitrogen and oxygen atoms in total. The molecule has 0 bridgehead atoms. The first-order chi connectivity index (χ1) is 14.4. The van der Waals surface area contributed by atoms with Crippen molar-refractivity contribution in [3.8, 4) is 26.6 Å². The Hall–Kier alpha value is -2.18. The first kappa shape index (κ1) is 22.5. The van der Waals surface area contributed by atoms with Crippen LogP contribution in [0.2, 0.25) is 0 Å². The molecule has 3 rings (SSSR count). The van der Waals surface area contributed by atoms with Gasteiger partial charge in [-0.1, -0.05) is 44.2 Å². The molecule has 1 heterocycles. The second kappa shape index (κ2) is 9.31. The summed E-state index contributed by atoms with van der Waals surface area (Å²) in [5, 5.41) is 30.0. The van der Waals surface area contributed by atoms with Gasteiger partial charge >= 0.3 is 0 Å². The summed E-state index contributed by atoms with van der Waals surface area (Å²) in [6.07, 6.45) is 1.35. The second-order valence-electron chi connectivity index (χ2n) is 7.58. The van der Waals surface area contributed by atoms with E-state index in [1.54, 1.807) is 18.4 Å². The fraction of sp³-hybridized carbons (Fsp3) is 0.360. The van der Waals surface area contributed by atoms with Crippen molar-refractivity contribution in [2.75, 3.05) is 7.11 Å².